The van der Waals surface area contributed by atoms with Crippen LogP contribution in [0.25, 0.3) is 6.08 Å². The number of carboxylic acids is 4. The Morgan fingerprint density at radius 1 is 0.778 bits per heavy atom. The summed E-state index contributed by atoms with van der Waals surface area (Å²) in [7, 11) is 0. The molecule has 10 nitrogen and oxygen atoms in total. The van der Waals surface area contributed by atoms with Crippen molar-refractivity contribution in [2.45, 2.75) is 0 Å². The lowest BCUT2D eigenvalue weighted by molar-refractivity contribution is -0.134. The number of carbonyl (C=O) groups is 4. The number of fused-ring (bicyclic) bond motifs is 1. The molecular weight excluding hydrogens is 362 g/mol. The van der Waals surface area contributed by atoms with Gasteiger partial charge in [-0.15, -0.1) is 0 Å². The number of allylic oxidation sites excluding steroid dienone is 1. The van der Waals surface area contributed by atoms with Crippen LogP contribution in [0.4, 0.5) is 0 Å². The number of benzene rings is 1. The Labute approximate surface area is 152 Å². The highest BCUT2D eigenvalue weighted by molar-refractivity contribution is 5.90. The molecule has 10 heteroatoms. The maximum atomic E-state index is 9.55. The Balaban J connectivity index is 0.000000387. The highest BCUT2D eigenvalue weighted by Gasteiger charge is 1.99. The second-order valence-corrected chi connectivity index (χ2v) is 4.26. The van der Waals surface area contributed by atoms with Crippen molar-refractivity contribution in [1.82, 2.24) is 0 Å². The number of para-hydroxylation sites is 1. The van der Waals surface area contributed by atoms with Crippen LogP contribution in [0.2, 0.25) is 0 Å². The lowest BCUT2D eigenvalue weighted by atomic mass is 10.2. The van der Waals surface area contributed by atoms with E-state index < -0.39 is 23.9 Å². The van der Waals surface area contributed by atoms with Gasteiger partial charge in [-0.3, -0.25) is 0 Å². The molecule has 1 heterocycles. The Kier molecular flexibility index (Phi) is 11.1. The molecule has 4 N–H and O–H groups in total. The quantitative estimate of drug-likeness (QED) is 0.567. The van der Waals surface area contributed by atoms with E-state index >= 15 is 0 Å². The summed E-state index contributed by atoms with van der Waals surface area (Å²) in [6.45, 7) is 0. The van der Waals surface area contributed by atoms with E-state index in [2.05, 4.69) is 5.16 Å². The molecule has 142 valence electrons. The molecule has 0 radical (unpaired) electrons. The lowest BCUT2D eigenvalue weighted by Crippen LogP contribution is -1.91. The van der Waals surface area contributed by atoms with E-state index in [1.807, 2.05) is 36.4 Å². The highest BCUT2D eigenvalue weighted by atomic mass is 16.6. The summed E-state index contributed by atoms with van der Waals surface area (Å²) in [4.78, 5) is 43.3. The van der Waals surface area contributed by atoms with Crippen LogP contribution in [0.5, 0.6) is 5.75 Å². The van der Waals surface area contributed by atoms with Gasteiger partial charge in [-0.25, -0.2) is 19.2 Å². The Hall–Kier alpha value is -4.21. The average Bonchev–Trinajstić information content (AvgIpc) is 2.85. The summed E-state index contributed by atoms with van der Waals surface area (Å²) in [6, 6.07) is 7.77. The first-order valence-corrected chi connectivity index (χ1v) is 6.96. The van der Waals surface area contributed by atoms with Crippen molar-refractivity contribution < 1.29 is 44.4 Å². The van der Waals surface area contributed by atoms with Crippen molar-refractivity contribution in [2.75, 3.05) is 0 Å². The molecule has 0 spiro atoms. The summed E-state index contributed by atoms with van der Waals surface area (Å²) in [5, 5.41) is 34.9. The van der Waals surface area contributed by atoms with Gasteiger partial charge in [-0.05, 0) is 18.2 Å². The van der Waals surface area contributed by atoms with E-state index in [0.29, 0.717) is 24.3 Å². The first-order chi connectivity index (χ1) is 12.7. The van der Waals surface area contributed by atoms with Crippen LogP contribution in [0.3, 0.4) is 0 Å². The summed E-state index contributed by atoms with van der Waals surface area (Å²) in [6.07, 6.45) is 7.67. The molecule has 0 saturated heterocycles. The van der Waals surface area contributed by atoms with Gasteiger partial charge in [0.25, 0.3) is 0 Å². The fraction of sp³-hybridized carbons (Fsp3) is 0. The molecule has 1 aromatic rings. The fourth-order valence-corrected chi connectivity index (χ4v) is 1.26. The highest BCUT2D eigenvalue weighted by Crippen LogP contribution is 2.20. The standard InChI is InChI=1S/C9H7NO.2C4H4O4/c1-2-6-9-8(4-1)5-3-7-10-11-9;2*5-3(6)1-2-4(7)8/h1-7H;2*1-2H,(H,5,6)(H,7,8). The summed E-state index contributed by atoms with van der Waals surface area (Å²) < 4.78 is 0. The predicted molar refractivity (Wildman–Crippen MR) is 93.4 cm³/mol. The van der Waals surface area contributed by atoms with E-state index in [-0.39, 0.29) is 0 Å². The van der Waals surface area contributed by atoms with Crippen LogP contribution in [-0.4, -0.2) is 50.5 Å². The third-order valence-electron chi connectivity index (χ3n) is 2.23. The molecule has 0 saturated carbocycles. The number of hydrogen-bond acceptors (Lipinski definition) is 6. The molecular formula is C17H15NO9. The van der Waals surface area contributed by atoms with Crippen LogP contribution in [-0.2, 0) is 19.2 Å². The van der Waals surface area contributed by atoms with E-state index in [9.17, 15) is 19.2 Å². The van der Waals surface area contributed by atoms with Crippen molar-refractivity contribution >= 4 is 36.2 Å². The van der Waals surface area contributed by atoms with Gasteiger partial charge in [0.05, 0.1) is 6.21 Å². The molecule has 0 amide bonds. The van der Waals surface area contributed by atoms with Gasteiger partial charge < -0.3 is 25.3 Å². The van der Waals surface area contributed by atoms with E-state index in [1.54, 1.807) is 6.21 Å². The minimum absolute atomic E-state index is 0.558. The summed E-state index contributed by atoms with van der Waals surface area (Å²) in [5.41, 5.74) is 1.06. The number of aliphatic carboxylic acids is 4. The fourth-order valence-electron chi connectivity index (χ4n) is 1.26. The molecule has 0 aromatic heterocycles. The third-order valence-corrected chi connectivity index (χ3v) is 2.23. The lowest BCUT2D eigenvalue weighted by Gasteiger charge is -1.98. The molecule has 1 aromatic carbocycles. The van der Waals surface area contributed by atoms with Crippen molar-refractivity contribution in [1.29, 1.82) is 0 Å². The maximum Gasteiger partial charge on any atom is 0.328 e. The monoisotopic (exact) mass is 377 g/mol. The summed E-state index contributed by atoms with van der Waals surface area (Å²) in [5.74, 6) is -4.22. The van der Waals surface area contributed by atoms with Crippen LogP contribution < -0.4 is 4.84 Å². The first-order valence-electron chi connectivity index (χ1n) is 6.96. The van der Waals surface area contributed by atoms with Gasteiger partial charge in [0, 0.05) is 29.9 Å². The van der Waals surface area contributed by atoms with Gasteiger partial charge in [0.1, 0.15) is 0 Å². The number of nitrogens with zero attached hydrogens (tertiary/aromatic N) is 1. The SMILES string of the molecule is C1=Cc2ccccc2ON=C1.O=C(O)C=CC(=O)O.O=C(O)C=CC(=O)O. The minimum Gasteiger partial charge on any atom is -0.478 e. The normalized spacial score (nSPS) is 11.1. The summed E-state index contributed by atoms with van der Waals surface area (Å²) >= 11 is 0. The van der Waals surface area contributed by atoms with Gasteiger partial charge in [0.15, 0.2) is 5.75 Å². The molecule has 27 heavy (non-hydrogen) atoms. The van der Waals surface area contributed by atoms with E-state index in [4.69, 9.17) is 25.3 Å². The number of oxime groups is 1. The molecule has 1 aliphatic rings. The maximum absolute atomic E-state index is 9.55. The van der Waals surface area contributed by atoms with Gasteiger partial charge in [-0.2, -0.15) is 0 Å². The first kappa shape index (κ1) is 22.8. The van der Waals surface area contributed by atoms with Crippen molar-refractivity contribution in [2.24, 2.45) is 5.16 Å². The topological polar surface area (TPSA) is 171 Å². The number of rotatable bonds is 4. The number of carboxylic acid groups (broad SMARTS) is 4. The van der Waals surface area contributed by atoms with Crippen LogP contribution in [0, 0.1) is 0 Å². The molecule has 0 fully saturated rings. The zero-order valence-electron chi connectivity index (χ0n) is 13.6. The largest absolute Gasteiger partial charge is 0.478 e. The van der Waals surface area contributed by atoms with Crippen molar-refractivity contribution in [3.63, 3.8) is 0 Å². The number of hydrogen-bond donors (Lipinski definition) is 4. The predicted octanol–water partition coefficient (Wildman–Crippen LogP) is 1.50. The molecule has 0 aliphatic carbocycles. The van der Waals surface area contributed by atoms with Crippen LogP contribution in [0.1, 0.15) is 5.56 Å². The second kappa shape index (κ2) is 13.1. The molecule has 2 rings (SSSR count). The van der Waals surface area contributed by atoms with Gasteiger partial charge >= 0.3 is 23.9 Å². The van der Waals surface area contributed by atoms with E-state index in [1.165, 1.54) is 0 Å². The Morgan fingerprint density at radius 3 is 1.67 bits per heavy atom. The van der Waals surface area contributed by atoms with Crippen molar-refractivity contribution in [3.05, 3.63) is 60.2 Å². The second-order valence-electron chi connectivity index (χ2n) is 4.26. The molecule has 0 atom stereocenters. The molecule has 0 unspecified atom stereocenters. The van der Waals surface area contributed by atoms with Gasteiger partial charge in [-0.1, -0.05) is 23.4 Å². The third kappa shape index (κ3) is 13.9. The molecule has 0 bridgehead atoms. The van der Waals surface area contributed by atoms with Crippen LogP contribution >= 0.6 is 0 Å². The zero-order chi connectivity index (χ0) is 20.7. The van der Waals surface area contributed by atoms with Crippen molar-refractivity contribution in [3.8, 4) is 5.75 Å². The Bertz CT molecular complexity index is 725. The Morgan fingerprint density at radius 2 is 1.22 bits per heavy atom. The smallest absolute Gasteiger partial charge is 0.328 e. The average molecular weight is 377 g/mol. The zero-order valence-corrected chi connectivity index (χ0v) is 13.6. The minimum atomic E-state index is -1.26. The van der Waals surface area contributed by atoms with Gasteiger partial charge in [0.2, 0.25) is 0 Å². The molecule has 1 aliphatic heterocycles. The van der Waals surface area contributed by atoms with E-state index in [0.717, 1.165) is 11.3 Å². The van der Waals surface area contributed by atoms with Crippen LogP contribution in [0.15, 0.2) is 59.8 Å².